The van der Waals surface area contributed by atoms with Crippen molar-refractivity contribution in [1.82, 2.24) is 9.97 Å². The van der Waals surface area contributed by atoms with E-state index in [1.165, 1.54) is 5.56 Å². The van der Waals surface area contributed by atoms with E-state index in [1.54, 1.807) is 6.07 Å². The van der Waals surface area contributed by atoms with Crippen molar-refractivity contribution in [1.29, 1.82) is 0 Å². The lowest BCUT2D eigenvalue weighted by molar-refractivity contribution is 0.295. The molecule has 0 aliphatic heterocycles. The summed E-state index contributed by atoms with van der Waals surface area (Å²) in [4.78, 5) is 8.58. The molecule has 3 N–H and O–H groups in total. The molecule has 0 spiro atoms. The fourth-order valence-electron chi connectivity index (χ4n) is 2.04. The Morgan fingerprint density at radius 3 is 2.57 bits per heavy atom. The molecule has 112 valence electrons. The van der Waals surface area contributed by atoms with Gasteiger partial charge >= 0.3 is 0 Å². The number of hydrogen-bond donors (Lipinski definition) is 2. The Kier molecular flexibility index (Phi) is 5.11. The van der Waals surface area contributed by atoms with Crippen LogP contribution in [0.25, 0.3) is 0 Å². The highest BCUT2D eigenvalue weighted by Gasteiger charge is 2.05. The molecule has 0 aliphatic carbocycles. The Labute approximate surface area is 125 Å². The molecule has 1 aromatic carbocycles. The first-order valence-corrected chi connectivity index (χ1v) is 7.16. The van der Waals surface area contributed by atoms with Crippen LogP contribution in [0, 0.1) is 6.92 Å². The van der Waals surface area contributed by atoms with Crippen LogP contribution in [0.3, 0.4) is 0 Å². The summed E-state index contributed by atoms with van der Waals surface area (Å²) in [5.41, 5.74) is 4.70. The van der Waals surface area contributed by atoms with Crippen LogP contribution in [-0.2, 0) is 6.61 Å². The number of hydrazine groups is 1. The van der Waals surface area contributed by atoms with Crippen molar-refractivity contribution in [2.24, 2.45) is 5.84 Å². The normalized spacial score (nSPS) is 12.0. The average molecular weight is 286 g/mol. The first-order chi connectivity index (χ1) is 10.1. The van der Waals surface area contributed by atoms with E-state index in [4.69, 9.17) is 10.6 Å². The van der Waals surface area contributed by atoms with E-state index in [1.807, 2.05) is 19.1 Å². The van der Waals surface area contributed by atoms with Gasteiger partial charge in [-0.3, -0.25) is 0 Å². The number of nitrogens with two attached hydrogens (primary N) is 1. The molecule has 0 saturated carbocycles. The highest BCUT2D eigenvalue weighted by atomic mass is 16.5. The molecule has 0 aliphatic rings. The van der Waals surface area contributed by atoms with Gasteiger partial charge in [0.15, 0.2) is 5.82 Å². The molecular weight excluding hydrogens is 264 g/mol. The molecule has 2 aromatic rings. The summed E-state index contributed by atoms with van der Waals surface area (Å²) in [5.74, 6) is 7.95. The first kappa shape index (κ1) is 15.3. The summed E-state index contributed by atoms with van der Waals surface area (Å²) < 4.78 is 5.72. The third-order valence-electron chi connectivity index (χ3n) is 3.48. The van der Waals surface area contributed by atoms with Crippen molar-refractivity contribution in [2.75, 3.05) is 5.43 Å². The van der Waals surface area contributed by atoms with Crippen LogP contribution in [0.5, 0.6) is 5.75 Å². The zero-order chi connectivity index (χ0) is 15.2. The van der Waals surface area contributed by atoms with Crippen molar-refractivity contribution < 1.29 is 4.74 Å². The maximum atomic E-state index is 5.72. The topological polar surface area (TPSA) is 73.1 Å². The third kappa shape index (κ3) is 4.16. The van der Waals surface area contributed by atoms with Gasteiger partial charge in [-0.2, -0.15) is 0 Å². The van der Waals surface area contributed by atoms with Gasteiger partial charge < -0.3 is 10.2 Å². The van der Waals surface area contributed by atoms with Crippen LogP contribution < -0.4 is 16.0 Å². The molecule has 1 atom stereocenters. The lowest BCUT2D eigenvalue weighted by Crippen LogP contribution is -2.12. The zero-order valence-electron chi connectivity index (χ0n) is 12.8. The molecule has 21 heavy (non-hydrogen) atoms. The fourth-order valence-corrected chi connectivity index (χ4v) is 2.04. The summed E-state index contributed by atoms with van der Waals surface area (Å²) >= 11 is 0. The molecule has 5 heteroatoms. The Balaban J connectivity index is 2.01. The average Bonchev–Trinajstić information content (AvgIpc) is 2.52. The minimum atomic E-state index is 0.318. The van der Waals surface area contributed by atoms with Crippen LogP contribution in [-0.4, -0.2) is 9.97 Å². The lowest BCUT2D eigenvalue weighted by Gasteiger charge is -2.11. The highest BCUT2D eigenvalue weighted by Crippen LogP contribution is 2.21. The van der Waals surface area contributed by atoms with Gasteiger partial charge in [0.1, 0.15) is 18.2 Å². The number of rotatable bonds is 6. The van der Waals surface area contributed by atoms with Gasteiger partial charge in [0, 0.05) is 11.8 Å². The number of nitrogen functional groups attached to an aromatic ring is 1. The van der Waals surface area contributed by atoms with Crippen molar-refractivity contribution in [2.45, 2.75) is 39.7 Å². The first-order valence-electron chi connectivity index (χ1n) is 7.16. The Hall–Kier alpha value is -2.14. The largest absolute Gasteiger partial charge is 0.486 e. The molecule has 0 saturated heterocycles. The maximum absolute atomic E-state index is 5.72. The Bertz CT molecular complexity index is 583. The van der Waals surface area contributed by atoms with E-state index >= 15 is 0 Å². The molecule has 2 rings (SSSR count). The predicted octanol–water partition coefficient (Wildman–Crippen LogP) is 3.16. The van der Waals surface area contributed by atoms with Gasteiger partial charge in [0.05, 0.1) is 0 Å². The second kappa shape index (κ2) is 7.04. The molecule has 0 fully saturated rings. The lowest BCUT2D eigenvalue weighted by atomic mass is 9.99. The molecule has 1 heterocycles. The molecule has 5 nitrogen and oxygen atoms in total. The Morgan fingerprint density at radius 1 is 1.24 bits per heavy atom. The standard InChI is InChI=1S/C16H22N4O/c1-4-11(2)13-5-7-14(8-6-13)21-10-16-18-12(3)9-15(19-16)20-17/h5-9,11H,4,10,17H2,1-3H3,(H,18,19,20). The van der Waals surface area contributed by atoms with Gasteiger partial charge in [-0.1, -0.05) is 26.0 Å². The summed E-state index contributed by atoms with van der Waals surface area (Å²) in [6, 6.07) is 9.96. The number of hydrogen-bond acceptors (Lipinski definition) is 5. The van der Waals surface area contributed by atoms with E-state index in [-0.39, 0.29) is 0 Å². The van der Waals surface area contributed by atoms with Gasteiger partial charge in [-0.05, 0) is 37.0 Å². The fraction of sp³-hybridized carbons (Fsp3) is 0.375. The smallest absolute Gasteiger partial charge is 0.168 e. The summed E-state index contributed by atoms with van der Waals surface area (Å²) in [7, 11) is 0. The third-order valence-corrected chi connectivity index (χ3v) is 3.48. The molecule has 0 radical (unpaired) electrons. The van der Waals surface area contributed by atoms with E-state index in [2.05, 4.69) is 41.4 Å². The van der Waals surface area contributed by atoms with Crippen molar-refractivity contribution >= 4 is 5.82 Å². The molecule has 0 bridgehead atoms. The molecule has 1 aromatic heterocycles. The van der Waals surface area contributed by atoms with Gasteiger partial charge in [-0.25, -0.2) is 15.8 Å². The van der Waals surface area contributed by atoms with Gasteiger partial charge in [0.25, 0.3) is 0 Å². The second-order valence-electron chi connectivity index (χ2n) is 5.12. The van der Waals surface area contributed by atoms with Crippen molar-refractivity contribution in [3.05, 3.63) is 47.4 Å². The van der Waals surface area contributed by atoms with Gasteiger partial charge in [0.2, 0.25) is 0 Å². The minimum absolute atomic E-state index is 0.318. The summed E-state index contributed by atoms with van der Waals surface area (Å²) in [5, 5.41) is 0. The Morgan fingerprint density at radius 2 is 1.95 bits per heavy atom. The van der Waals surface area contributed by atoms with Crippen molar-refractivity contribution in [3.63, 3.8) is 0 Å². The van der Waals surface area contributed by atoms with E-state index < -0.39 is 0 Å². The highest BCUT2D eigenvalue weighted by molar-refractivity contribution is 5.34. The number of nitrogens with zero attached hydrogens (tertiary/aromatic N) is 2. The van der Waals surface area contributed by atoms with Crippen LogP contribution in [0.15, 0.2) is 30.3 Å². The number of ether oxygens (including phenoxy) is 1. The monoisotopic (exact) mass is 286 g/mol. The summed E-state index contributed by atoms with van der Waals surface area (Å²) in [6.45, 7) is 6.62. The minimum Gasteiger partial charge on any atom is -0.486 e. The maximum Gasteiger partial charge on any atom is 0.168 e. The number of aryl methyl sites for hydroxylation is 1. The number of benzene rings is 1. The van der Waals surface area contributed by atoms with Crippen LogP contribution in [0.1, 0.15) is 43.3 Å². The van der Waals surface area contributed by atoms with E-state index in [0.29, 0.717) is 24.2 Å². The SMILES string of the molecule is CCC(C)c1ccc(OCc2nc(C)cc(NN)n2)cc1. The predicted molar refractivity (Wildman–Crippen MR) is 84.1 cm³/mol. The van der Waals surface area contributed by atoms with E-state index in [9.17, 15) is 0 Å². The van der Waals surface area contributed by atoms with Crippen LogP contribution >= 0.6 is 0 Å². The van der Waals surface area contributed by atoms with Gasteiger partial charge in [-0.15, -0.1) is 0 Å². The van der Waals surface area contributed by atoms with E-state index in [0.717, 1.165) is 17.9 Å². The zero-order valence-corrected chi connectivity index (χ0v) is 12.8. The summed E-state index contributed by atoms with van der Waals surface area (Å²) in [6.07, 6.45) is 1.13. The quantitative estimate of drug-likeness (QED) is 0.630. The molecular formula is C16H22N4O. The number of nitrogens with one attached hydrogen (secondary N) is 1. The molecule has 0 amide bonds. The van der Waals surface area contributed by atoms with Crippen LogP contribution in [0.2, 0.25) is 0 Å². The number of anilines is 1. The number of aromatic nitrogens is 2. The van der Waals surface area contributed by atoms with Crippen molar-refractivity contribution in [3.8, 4) is 5.75 Å². The van der Waals surface area contributed by atoms with Crippen LogP contribution in [0.4, 0.5) is 5.82 Å². The molecule has 1 unspecified atom stereocenters. The second-order valence-corrected chi connectivity index (χ2v) is 5.12.